The maximum Gasteiger partial charge on any atom is 0.322 e. The Kier molecular flexibility index (Phi) is 6.04. The fraction of sp³-hybridized carbons (Fsp3) is 0.200. The summed E-state index contributed by atoms with van der Waals surface area (Å²) in [5, 5.41) is 6.39. The molecule has 0 unspecified atom stereocenters. The molecule has 1 heterocycles. The largest absolute Gasteiger partial charge is 0.355 e. The summed E-state index contributed by atoms with van der Waals surface area (Å²) in [5.41, 5.74) is 2.98. The number of nitrogens with zero attached hydrogens (tertiary/aromatic N) is 1. The highest BCUT2D eigenvalue weighted by Gasteiger charge is 2.19. The number of rotatable bonds is 3. The third-order valence-corrected chi connectivity index (χ3v) is 5.06. The van der Waals surface area contributed by atoms with E-state index >= 15 is 0 Å². The van der Waals surface area contributed by atoms with Crippen molar-refractivity contribution in [3.05, 3.63) is 69.7 Å². The molecule has 1 aliphatic heterocycles. The van der Waals surface area contributed by atoms with Crippen molar-refractivity contribution in [1.29, 1.82) is 0 Å². The monoisotopic (exact) mass is 403 g/mol. The molecule has 2 N–H and O–H groups in total. The molecular formula is C20H19Cl2N3O2. The molecule has 0 radical (unpaired) electrons. The zero-order valence-electron chi connectivity index (χ0n) is 14.8. The van der Waals surface area contributed by atoms with Gasteiger partial charge in [0.25, 0.3) is 5.91 Å². The average Bonchev–Trinajstić information content (AvgIpc) is 2.69. The van der Waals surface area contributed by atoms with E-state index in [1.165, 1.54) is 7.05 Å². The Morgan fingerprint density at radius 2 is 1.85 bits per heavy atom. The van der Waals surface area contributed by atoms with Gasteiger partial charge in [0.15, 0.2) is 0 Å². The van der Waals surface area contributed by atoms with Crippen LogP contribution in [-0.4, -0.2) is 37.0 Å². The summed E-state index contributed by atoms with van der Waals surface area (Å²) in [6.07, 6.45) is 2.74. The normalized spacial score (nSPS) is 13.7. The van der Waals surface area contributed by atoms with Crippen LogP contribution in [0.4, 0.5) is 10.5 Å². The first-order valence-corrected chi connectivity index (χ1v) is 9.26. The Balaban J connectivity index is 1.68. The first kappa shape index (κ1) is 19.3. The average molecular weight is 404 g/mol. The van der Waals surface area contributed by atoms with Gasteiger partial charge in [-0.05, 0) is 41.8 Å². The van der Waals surface area contributed by atoms with Crippen LogP contribution < -0.4 is 10.6 Å². The number of urea groups is 1. The predicted octanol–water partition coefficient (Wildman–Crippen LogP) is 4.67. The number of anilines is 1. The second-order valence-electron chi connectivity index (χ2n) is 6.11. The first-order chi connectivity index (χ1) is 13.0. The molecule has 3 rings (SSSR count). The minimum Gasteiger partial charge on any atom is -0.355 e. The summed E-state index contributed by atoms with van der Waals surface area (Å²) in [5.74, 6) is -0.304. The van der Waals surface area contributed by atoms with Gasteiger partial charge in [-0.3, -0.25) is 4.79 Å². The third kappa shape index (κ3) is 4.43. The lowest BCUT2D eigenvalue weighted by atomic mass is 9.99. The van der Waals surface area contributed by atoms with Crippen LogP contribution in [0.5, 0.6) is 0 Å². The lowest BCUT2D eigenvalue weighted by Crippen LogP contribution is -2.38. The van der Waals surface area contributed by atoms with Crippen molar-refractivity contribution in [3.8, 4) is 0 Å². The lowest BCUT2D eigenvalue weighted by Gasteiger charge is -2.27. The second kappa shape index (κ2) is 8.46. The van der Waals surface area contributed by atoms with Crippen LogP contribution >= 0.6 is 23.2 Å². The van der Waals surface area contributed by atoms with Gasteiger partial charge in [0.1, 0.15) is 0 Å². The summed E-state index contributed by atoms with van der Waals surface area (Å²) in [4.78, 5) is 26.1. The zero-order valence-corrected chi connectivity index (χ0v) is 16.3. The number of carbonyl (C=O) groups excluding carboxylic acids is 2. The summed E-state index contributed by atoms with van der Waals surface area (Å²) < 4.78 is 0. The van der Waals surface area contributed by atoms with E-state index in [9.17, 15) is 9.59 Å². The topological polar surface area (TPSA) is 61.4 Å². The minimum atomic E-state index is -0.304. The van der Waals surface area contributed by atoms with E-state index in [0.29, 0.717) is 34.4 Å². The van der Waals surface area contributed by atoms with E-state index in [2.05, 4.69) is 10.6 Å². The van der Waals surface area contributed by atoms with Crippen molar-refractivity contribution in [2.24, 2.45) is 0 Å². The van der Waals surface area contributed by atoms with Crippen molar-refractivity contribution in [3.63, 3.8) is 0 Å². The molecule has 0 saturated heterocycles. The number of nitrogens with one attached hydrogen (secondary N) is 2. The highest BCUT2D eigenvalue weighted by atomic mass is 35.5. The molecule has 2 aromatic rings. The third-order valence-electron chi connectivity index (χ3n) is 4.41. The molecule has 0 fully saturated rings. The Hall–Kier alpha value is -2.50. The molecule has 27 heavy (non-hydrogen) atoms. The highest BCUT2D eigenvalue weighted by Crippen LogP contribution is 2.28. The van der Waals surface area contributed by atoms with Gasteiger partial charge in [0.2, 0.25) is 0 Å². The molecular weight excluding hydrogens is 385 g/mol. The van der Waals surface area contributed by atoms with Gasteiger partial charge in [-0.2, -0.15) is 0 Å². The molecule has 0 saturated carbocycles. The van der Waals surface area contributed by atoms with Crippen molar-refractivity contribution >= 4 is 46.4 Å². The van der Waals surface area contributed by atoms with Gasteiger partial charge >= 0.3 is 6.03 Å². The van der Waals surface area contributed by atoms with Crippen LogP contribution in [0.2, 0.25) is 10.0 Å². The van der Waals surface area contributed by atoms with Crippen molar-refractivity contribution in [2.45, 2.75) is 6.42 Å². The SMILES string of the molecule is CNC(=O)c1cc(NC(=O)N2CC=C(c3ccccc3Cl)CC2)ccc1Cl. The fourth-order valence-corrected chi connectivity index (χ4v) is 3.39. The number of halogens is 2. The molecule has 2 aromatic carbocycles. The lowest BCUT2D eigenvalue weighted by molar-refractivity contribution is 0.0963. The molecule has 140 valence electrons. The van der Waals surface area contributed by atoms with E-state index in [0.717, 1.165) is 17.6 Å². The number of benzene rings is 2. The van der Waals surface area contributed by atoms with Gasteiger partial charge in [-0.15, -0.1) is 0 Å². The molecule has 7 heteroatoms. The molecule has 0 spiro atoms. The Labute approximate surface area is 168 Å². The van der Waals surface area contributed by atoms with Crippen molar-refractivity contribution < 1.29 is 9.59 Å². The molecule has 0 atom stereocenters. The van der Waals surface area contributed by atoms with Crippen molar-refractivity contribution in [2.75, 3.05) is 25.5 Å². The fourth-order valence-electron chi connectivity index (χ4n) is 2.93. The van der Waals surface area contributed by atoms with Gasteiger partial charge in [-0.25, -0.2) is 4.79 Å². The second-order valence-corrected chi connectivity index (χ2v) is 6.92. The van der Waals surface area contributed by atoms with Crippen LogP contribution in [0.1, 0.15) is 22.3 Å². The van der Waals surface area contributed by atoms with Crippen LogP contribution in [-0.2, 0) is 0 Å². The van der Waals surface area contributed by atoms with Crippen LogP contribution in [0.3, 0.4) is 0 Å². The highest BCUT2D eigenvalue weighted by molar-refractivity contribution is 6.34. The standard InChI is InChI=1S/C20H19Cl2N3O2/c1-23-19(26)16-12-14(6-7-18(16)22)24-20(27)25-10-8-13(9-11-25)15-4-2-3-5-17(15)21/h2-8,12H,9-11H2,1H3,(H,23,26)(H,24,27). The molecule has 0 bridgehead atoms. The smallest absolute Gasteiger partial charge is 0.322 e. The molecule has 0 aliphatic carbocycles. The van der Waals surface area contributed by atoms with E-state index in [1.807, 2.05) is 30.3 Å². The molecule has 1 aliphatic rings. The Bertz CT molecular complexity index is 912. The maximum atomic E-state index is 12.5. The van der Waals surface area contributed by atoms with E-state index < -0.39 is 0 Å². The summed E-state index contributed by atoms with van der Waals surface area (Å²) in [6.45, 7) is 1.07. The number of hydrogen-bond donors (Lipinski definition) is 2. The van der Waals surface area contributed by atoms with E-state index in [4.69, 9.17) is 23.2 Å². The minimum absolute atomic E-state index is 0.227. The van der Waals surface area contributed by atoms with Gasteiger partial charge in [0.05, 0.1) is 10.6 Å². The summed E-state index contributed by atoms with van der Waals surface area (Å²) in [7, 11) is 1.53. The Morgan fingerprint density at radius 1 is 1.07 bits per heavy atom. The molecule has 0 aromatic heterocycles. The predicted molar refractivity (Wildman–Crippen MR) is 109 cm³/mol. The van der Waals surface area contributed by atoms with E-state index in [-0.39, 0.29) is 11.9 Å². The van der Waals surface area contributed by atoms with E-state index in [1.54, 1.807) is 23.1 Å². The summed E-state index contributed by atoms with van der Waals surface area (Å²) in [6, 6.07) is 12.3. The molecule has 5 nitrogen and oxygen atoms in total. The zero-order chi connectivity index (χ0) is 19.4. The van der Waals surface area contributed by atoms with Crippen LogP contribution in [0, 0.1) is 0 Å². The van der Waals surface area contributed by atoms with Gasteiger partial charge < -0.3 is 15.5 Å². The van der Waals surface area contributed by atoms with Gasteiger partial charge in [0, 0.05) is 30.8 Å². The number of carbonyl (C=O) groups is 2. The maximum absolute atomic E-state index is 12.5. The van der Waals surface area contributed by atoms with Gasteiger partial charge in [-0.1, -0.05) is 47.5 Å². The Morgan fingerprint density at radius 3 is 2.52 bits per heavy atom. The number of hydrogen-bond acceptors (Lipinski definition) is 2. The quantitative estimate of drug-likeness (QED) is 0.781. The summed E-state index contributed by atoms with van der Waals surface area (Å²) >= 11 is 12.3. The molecule has 3 amide bonds. The van der Waals surface area contributed by atoms with Crippen LogP contribution in [0.15, 0.2) is 48.5 Å². The van der Waals surface area contributed by atoms with Crippen molar-refractivity contribution in [1.82, 2.24) is 10.2 Å². The van der Waals surface area contributed by atoms with Crippen LogP contribution in [0.25, 0.3) is 5.57 Å². The number of amides is 3. The first-order valence-electron chi connectivity index (χ1n) is 8.51.